The highest BCUT2D eigenvalue weighted by molar-refractivity contribution is 5.97. The number of hydrogen-bond donors (Lipinski definition) is 2. The van der Waals surface area contributed by atoms with E-state index in [1.165, 1.54) is 23.1 Å². The Morgan fingerprint density at radius 3 is 2.58 bits per heavy atom. The molecule has 0 spiro atoms. The number of anilines is 1. The molecule has 1 amide bonds. The average molecular weight is 353 g/mol. The molecule has 1 heterocycles. The van der Waals surface area contributed by atoms with Crippen LogP contribution in [0.15, 0.2) is 54.9 Å². The first-order valence-electron chi connectivity index (χ1n) is 7.74. The van der Waals surface area contributed by atoms with Crippen molar-refractivity contribution in [3.8, 4) is 5.69 Å². The Balaban J connectivity index is 1.54. The van der Waals surface area contributed by atoms with Crippen LogP contribution in [0.4, 0.5) is 11.4 Å². The van der Waals surface area contributed by atoms with Gasteiger partial charge >= 0.3 is 0 Å². The van der Waals surface area contributed by atoms with Gasteiger partial charge in [-0.3, -0.25) is 14.9 Å². The summed E-state index contributed by atoms with van der Waals surface area (Å²) in [6.45, 7) is 0.844. The SMILES string of the molecule is O=C(NCCNc1ccc([N+](=O)[O-])cc1)c1ccccc1-n1cnnn1. The van der Waals surface area contributed by atoms with Crippen molar-refractivity contribution in [3.63, 3.8) is 0 Å². The van der Waals surface area contributed by atoms with Gasteiger partial charge in [0.2, 0.25) is 0 Å². The molecule has 0 fully saturated rings. The quantitative estimate of drug-likeness (QED) is 0.373. The maximum Gasteiger partial charge on any atom is 0.269 e. The summed E-state index contributed by atoms with van der Waals surface area (Å²) in [6.07, 6.45) is 1.42. The molecule has 0 atom stereocenters. The maximum absolute atomic E-state index is 12.4. The van der Waals surface area contributed by atoms with E-state index in [0.717, 1.165) is 5.69 Å². The zero-order chi connectivity index (χ0) is 18.4. The van der Waals surface area contributed by atoms with Crippen LogP contribution in [0.3, 0.4) is 0 Å². The van der Waals surface area contributed by atoms with Crippen LogP contribution in [0, 0.1) is 10.1 Å². The Kier molecular flexibility index (Phi) is 5.13. The van der Waals surface area contributed by atoms with E-state index in [1.807, 2.05) is 0 Å². The van der Waals surface area contributed by atoms with Crippen LogP contribution < -0.4 is 10.6 Å². The van der Waals surface area contributed by atoms with Gasteiger partial charge in [-0.25, -0.2) is 0 Å². The van der Waals surface area contributed by atoms with Crippen LogP contribution >= 0.6 is 0 Å². The molecule has 0 saturated carbocycles. The molecule has 1 aromatic heterocycles. The summed E-state index contributed by atoms with van der Waals surface area (Å²) in [5, 5.41) is 27.5. The normalized spacial score (nSPS) is 10.3. The third kappa shape index (κ3) is 3.98. The number of para-hydroxylation sites is 1. The van der Waals surface area contributed by atoms with Gasteiger partial charge in [0.15, 0.2) is 0 Å². The standard InChI is InChI=1S/C16H15N7O3/c24-16(14-3-1-2-4-15(14)22-11-19-20-21-22)18-10-9-17-12-5-7-13(8-6-12)23(25)26/h1-8,11,17H,9-10H2,(H,18,24). The fourth-order valence-corrected chi connectivity index (χ4v) is 2.32. The van der Waals surface area contributed by atoms with Crippen molar-refractivity contribution >= 4 is 17.3 Å². The van der Waals surface area contributed by atoms with E-state index in [1.54, 1.807) is 36.4 Å². The van der Waals surface area contributed by atoms with Gasteiger partial charge < -0.3 is 10.6 Å². The lowest BCUT2D eigenvalue weighted by Gasteiger charge is -2.10. The molecule has 0 unspecified atom stereocenters. The minimum Gasteiger partial charge on any atom is -0.383 e. The lowest BCUT2D eigenvalue weighted by atomic mass is 10.1. The summed E-state index contributed by atoms with van der Waals surface area (Å²) < 4.78 is 1.42. The number of rotatable bonds is 7. The predicted molar refractivity (Wildman–Crippen MR) is 93.1 cm³/mol. The van der Waals surface area contributed by atoms with Crippen LogP contribution in [0.25, 0.3) is 5.69 Å². The third-order valence-corrected chi connectivity index (χ3v) is 3.56. The number of nitro benzene ring substituents is 1. The molecule has 0 aliphatic rings. The summed E-state index contributed by atoms with van der Waals surface area (Å²) in [5.74, 6) is -0.249. The second-order valence-corrected chi connectivity index (χ2v) is 5.26. The van der Waals surface area contributed by atoms with E-state index in [0.29, 0.717) is 24.3 Å². The summed E-state index contributed by atoms with van der Waals surface area (Å²) in [6, 6.07) is 13.1. The van der Waals surface area contributed by atoms with Crippen LogP contribution in [-0.4, -0.2) is 44.1 Å². The molecule has 10 nitrogen and oxygen atoms in total. The van der Waals surface area contributed by atoms with Gasteiger partial charge in [0.05, 0.1) is 16.2 Å². The van der Waals surface area contributed by atoms with E-state index >= 15 is 0 Å². The van der Waals surface area contributed by atoms with Gasteiger partial charge in [-0.1, -0.05) is 12.1 Å². The van der Waals surface area contributed by atoms with E-state index < -0.39 is 4.92 Å². The largest absolute Gasteiger partial charge is 0.383 e. The van der Waals surface area contributed by atoms with E-state index in [2.05, 4.69) is 26.2 Å². The topological polar surface area (TPSA) is 128 Å². The Labute approximate surface area is 148 Å². The Morgan fingerprint density at radius 1 is 1.12 bits per heavy atom. The molecule has 2 aromatic carbocycles. The highest BCUT2D eigenvalue weighted by Crippen LogP contribution is 2.15. The first-order chi connectivity index (χ1) is 12.6. The van der Waals surface area contributed by atoms with Crippen LogP contribution in [0.1, 0.15) is 10.4 Å². The zero-order valence-electron chi connectivity index (χ0n) is 13.6. The summed E-state index contributed by atoms with van der Waals surface area (Å²) in [4.78, 5) is 22.6. The molecule has 3 aromatic rings. The third-order valence-electron chi connectivity index (χ3n) is 3.56. The minimum absolute atomic E-state index is 0.0306. The van der Waals surface area contributed by atoms with Crippen molar-refractivity contribution in [1.29, 1.82) is 0 Å². The van der Waals surface area contributed by atoms with Crippen molar-refractivity contribution in [3.05, 3.63) is 70.5 Å². The maximum atomic E-state index is 12.4. The van der Waals surface area contributed by atoms with Crippen molar-refractivity contribution in [2.45, 2.75) is 0 Å². The van der Waals surface area contributed by atoms with Crippen LogP contribution in [0.5, 0.6) is 0 Å². The number of tetrazole rings is 1. The molecule has 26 heavy (non-hydrogen) atoms. The molecule has 132 valence electrons. The van der Waals surface area contributed by atoms with Crippen molar-refractivity contribution < 1.29 is 9.72 Å². The minimum atomic E-state index is -0.452. The number of benzene rings is 2. The number of carbonyl (C=O) groups is 1. The second kappa shape index (κ2) is 7.83. The van der Waals surface area contributed by atoms with Gasteiger partial charge in [-0.15, -0.1) is 5.10 Å². The molecular formula is C16H15N7O3. The molecule has 0 radical (unpaired) electrons. The molecule has 0 aliphatic heterocycles. The molecule has 3 rings (SSSR count). The highest BCUT2D eigenvalue weighted by atomic mass is 16.6. The number of aromatic nitrogens is 4. The Bertz CT molecular complexity index is 894. The van der Waals surface area contributed by atoms with Gasteiger partial charge in [-0.2, -0.15) is 4.68 Å². The van der Waals surface area contributed by atoms with E-state index in [4.69, 9.17) is 0 Å². The Morgan fingerprint density at radius 2 is 1.88 bits per heavy atom. The molecule has 0 saturated heterocycles. The van der Waals surface area contributed by atoms with Crippen LogP contribution in [0.2, 0.25) is 0 Å². The van der Waals surface area contributed by atoms with E-state index in [-0.39, 0.29) is 11.6 Å². The molecule has 0 aliphatic carbocycles. The van der Waals surface area contributed by atoms with E-state index in [9.17, 15) is 14.9 Å². The van der Waals surface area contributed by atoms with Gasteiger partial charge in [-0.05, 0) is 34.7 Å². The van der Waals surface area contributed by atoms with Crippen molar-refractivity contribution in [1.82, 2.24) is 25.5 Å². The Hall–Kier alpha value is -3.82. The first kappa shape index (κ1) is 17.0. The smallest absolute Gasteiger partial charge is 0.269 e. The number of nitrogens with zero attached hydrogens (tertiary/aromatic N) is 5. The predicted octanol–water partition coefficient (Wildman–Crippen LogP) is 1.41. The van der Waals surface area contributed by atoms with Crippen LogP contribution in [-0.2, 0) is 0 Å². The average Bonchev–Trinajstić information content (AvgIpc) is 3.20. The number of carbonyl (C=O) groups excluding carboxylic acids is 1. The molecule has 0 bridgehead atoms. The lowest BCUT2D eigenvalue weighted by molar-refractivity contribution is -0.384. The fraction of sp³-hybridized carbons (Fsp3) is 0.125. The first-order valence-corrected chi connectivity index (χ1v) is 7.74. The molecule has 10 heteroatoms. The molecular weight excluding hydrogens is 338 g/mol. The lowest BCUT2D eigenvalue weighted by Crippen LogP contribution is -2.29. The fourth-order valence-electron chi connectivity index (χ4n) is 2.32. The zero-order valence-corrected chi connectivity index (χ0v) is 13.6. The van der Waals surface area contributed by atoms with Gasteiger partial charge in [0, 0.05) is 30.9 Å². The monoisotopic (exact) mass is 353 g/mol. The van der Waals surface area contributed by atoms with Crippen molar-refractivity contribution in [2.24, 2.45) is 0 Å². The summed E-state index contributed by atoms with van der Waals surface area (Å²) >= 11 is 0. The second-order valence-electron chi connectivity index (χ2n) is 5.26. The summed E-state index contributed by atoms with van der Waals surface area (Å²) in [7, 11) is 0. The number of nitro groups is 1. The molecule has 2 N–H and O–H groups in total. The van der Waals surface area contributed by atoms with Gasteiger partial charge in [0.1, 0.15) is 6.33 Å². The van der Waals surface area contributed by atoms with Crippen molar-refractivity contribution in [2.75, 3.05) is 18.4 Å². The number of nitrogens with one attached hydrogen (secondary N) is 2. The highest BCUT2D eigenvalue weighted by Gasteiger charge is 2.12. The van der Waals surface area contributed by atoms with Gasteiger partial charge in [0.25, 0.3) is 11.6 Å². The number of non-ortho nitro benzene ring substituents is 1. The summed E-state index contributed by atoms with van der Waals surface area (Å²) in [5.41, 5.74) is 1.80. The number of amides is 1. The number of hydrogen-bond acceptors (Lipinski definition) is 7.